The van der Waals surface area contributed by atoms with Gasteiger partial charge in [0.15, 0.2) is 17.5 Å². The quantitative estimate of drug-likeness (QED) is 0.204. The van der Waals surface area contributed by atoms with Gasteiger partial charge in [-0.05, 0) is 44.8 Å². The Morgan fingerprint density at radius 2 is 0.889 bits per heavy atom. The molecule has 0 amide bonds. The van der Waals surface area contributed by atoms with E-state index < -0.39 is 0 Å². The number of thiophene rings is 1. The molecule has 7 aromatic carbocycles. The van der Waals surface area contributed by atoms with Gasteiger partial charge in [0.05, 0.1) is 0 Å². The lowest BCUT2D eigenvalue weighted by Gasteiger charge is -2.11. The first kappa shape index (κ1) is 25.8. The zero-order valence-electron chi connectivity index (χ0n) is 24.2. The van der Waals surface area contributed by atoms with E-state index in [9.17, 15) is 0 Å². The molecule has 0 saturated carbocycles. The van der Waals surface area contributed by atoms with Gasteiger partial charge in [-0.3, -0.25) is 0 Å². The molecule has 0 fully saturated rings. The predicted molar refractivity (Wildman–Crippen MR) is 189 cm³/mol. The van der Waals surface area contributed by atoms with Crippen molar-refractivity contribution < 1.29 is 0 Å². The largest absolute Gasteiger partial charge is 0.208 e. The van der Waals surface area contributed by atoms with Crippen molar-refractivity contribution >= 4 is 53.1 Å². The van der Waals surface area contributed by atoms with Crippen LogP contribution in [0.4, 0.5) is 0 Å². The summed E-state index contributed by atoms with van der Waals surface area (Å²) in [6.45, 7) is 0. The van der Waals surface area contributed by atoms with Gasteiger partial charge in [0, 0.05) is 36.9 Å². The number of nitrogens with zero attached hydrogens (tertiary/aromatic N) is 3. The number of benzene rings is 7. The van der Waals surface area contributed by atoms with Crippen molar-refractivity contribution in [2.75, 3.05) is 0 Å². The number of rotatable bonds is 4. The van der Waals surface area contributed by atoms with Crippen LogP contribution in [0, 0.1) is 0 Å². The van der Waals surface area contributed by atoms with Crippen LogP contribution in [-0.2, 0) is 0 Å². The van der Waals surface area contributed by atoms with E-state index in [-0.39, 0.29) is 0 Å². The Balaban J connectivity index is 1.20. The van der Waals surface area contributed by atoms with Crippen molar-refractivity contribution in [1.82, 2.24) is 15.0 Å². The lowest BCUT2D eigenvalue weighted by atomic mass is 9.96. The SMILES string of the molecule is c1ccc(-c2nc(-c3ccc(-c4cccc5sc6ccc7ccccc7c6c45)cc3)nc(-c3cccc4ccccc34)n2)cc1. The van der Waals surface area contributed by atoms with E-state index in [2.05, 4.69) is 121 Å². The molecule has 4 heteroatoms. The molecule has 0 aliphatic carbocycles. The summed E-state index contributed by atoms with van der Waals surface area (Å²) < 4.78 is 2.61. The molecule has 9 aromatic rings. The van der Waals surface area contributed by atoms with Gasteiger partial charge in [0.25, 0.3) is 0 Å². The van der Waals surface area contributed by atoms with Crippen molar-refractivity contribution in [3.05, 3.63) is 152 Å². The molecule has 0 aliphatic rings. The zero-order chi connectivity index (χ0) is 29.7. The Hall–Kier alpha value is -5.71. The minimum atomic E-state index is 0.656. The number of hydrogen-bond donors (Lipinski definition) is 0. The van der Waals surface area contributed by atoms with E-state index in [1.165, 1.54) is 42.1 Å². The molecule has 0 aliphatic heterocycles. The summed E-state index contributed by atoms with van der Waals surface area (Å²) in [5.41, 5.74) is 5.31. The highest BCUT2D eigenvalue weighted by Gasteiger charge is 2.16. The molecule has 3 nitrogen and oxygen atoms in total. The normalized spacial score (nSPS) is 11.6. The van der Waals surface area contributed by atoms with Gasteiger partial charge < -0.3 is 0 Å². The number of hydrogen-bond acceptors (Lipinski definition) is 4. The van der Waals surface area contributed by atoms with Crippen LogP contribution >= 0.6 is 11.3 Å². The Morgan fingerprint density at radius 3 is 1.69 bits per heavy atom. The minimum Gasteiger partial charge on any atom is -0.208 e. The van der Waals surface area contributed by atoms with E-state index in [1.54, 1.807) is 0 Å². The number of aromatic nitrogens is 3. The Labute approximate surface area is 264 Å². The van der Waals surface area contributed by atoms with Gasteiger partial charge in [-0.2, -0.15) is 0 Å². The highest BCUT2D eigenvalue weighted by atomic mass is 32.1. The Morgan fingerprint density at radius 1 is 0.333 bits per heavy atom. The first-order valence-electron chi connectivity index (χ1n) is 15.0. The fourth-order valence-corrected chi connectivity index (χ4v) is 7.54. The lowest BCUT2D eigenvalue weighted by Crippen LogP contribution is -2.00. The molecule has 2 aromatic heterocycles. The highest BCUT2D eigenvalue weighted by Crippen LogP contribution is 2.43. The van der Waals surface area contributed by atoms with Gasteiger partial charge in [0.1, 0.15) is 0 Å². The van der Waals surface area contributed by atoms with E-state index in [0.717, 1.165) is 27.5 Å². The third-order valence-corrected chi connectivity index (χ3v) is 9.66. The molecule has 0 bridgehead atoms. The maximum atomic E-state index is 5.05. The van der Waals surface area contributed by atoms with Gasteiger partial charge >= 0.3 is 0 Å². The molecule has 210 valence electrons. The van der Waals surface area contributed by atoms with Crippen molar-refractivity contribution in [3.8, 4) is 45.3 Å². The number of fused-ring (bicyclic) bond motifs is 6. The van der Waals surface area contributed by atoms with Crippen LogP contribution in [0.1, 0.15) is 0 Å². The molecule has 0 saturated heterocycles. The van der Waals surface area contributed by atoms with Crippen LogP contribution in [-0.4, -0.2) is 15.0 Å². The average Bonchev–Trinajstić information content (AvgIpc) is 3.51. The molecule has 0 unspecified atom stereocenters. The molecule has 9 rings (SSSR count). The Kier molecular flexibility index (Phi) is 6.00. The fourth-order valence-electron chi connectivity index (χ4n) is 6.39. The first-order valence-corrected chi connectivity index (χ1v) is 15.9. The summed E-state index contributed by atoms with van der Waals surface area (Å²) in [4.78, 5) is 15.0. The van der Waals surface area contributed by atoms with Gasteiger partial charge in [-0.1, -0.05) is 140 Å². The Bertz CT molecular complexity index is 2530. The fraction of sp³-hybridized carbons (Fsp3) is 0. The van der Waals surface area contributed by atoms with Crippen molar-refractivity contribution in [2.24, 2.45) is 0 Å². The standard InChI is InChI=1S/C41H25N3S/c1-2-12-29(13-3-1)39-42-40(44-41(43-39)34-18-8-14-26-10-4-6-15-31(26)34)30-22-20-28(21-23-30)33-17-9-19-35-37(33)38-32-16-7-5-11-27(32)24-25-36(38)45-35/h1-25H. The lowest BCUT2D eigenvalue weighted by molar-refractivity contribution is 1.08. The maximum absolute atomic E-state index is 5.05. The molecule has 0 radical (unpaired) electrons. The van der Waals surface area contributed by atoms with Crippen LogP contribution in [0.15, 0.2) is 152 Å². The van der Waals surface area contributed by atoms with Gasteiger partial charge in [-0.15, -0.1) is 11.3 Å². The highest BCUT2D eigenvalue weighted by molar-refractivity contribution is 7.26. The van der Waals surface area contributed by atoms with Crippen LogP contribution in [0.3, 0.4) is 0 Å². The second kappa shape index (κ2) is 10.5. The average molecular weight is 592 g/mol. The predicted octanol–water partition coefficient (Wildman–Crippen LogP) is 11.2. The van der Waals surface area contributed by atoms with E-state index in [4.69, 9.17) is 15.0 Å². The monoisotopic (exact) mass is 591 g/mol. The smallest absolute Gasteiger partial charge is 0.164 e. The second-order valence-corrected chi connectivity index (χ2v) is 12.3. The molecule has 45 heavy (non-hydrogen) atoms. The molecule has 0 atom stereocenters. The molecule has 0 N–H and O–H groups in total. The summed E-state index contributed by atoms with van der Waals surface area (Å²) in [6, 6.07) is 53.3. The second-order valence-electron chi connectivity index (χ2n) is 11.2. The molecular formula is C41H25N3S. The topological polar surface area (TPSA) is 38.7 Å². The first-order chi connectivity index (χ1) is 22.3. The van der Waals surface area contributed by atoms with Gasteiger partial charge in [0.2, 0.25) is 0 Å². The molecular weight excluding hydrogens is 567 g/mol. The third kappa shape index (κ3) is 4.38. The molecule has 2 heterocycles. The van der Waals surface area contributed by atoms with E-state index in [1.807, 2.05) is 41.7 Å². The summed E-state index contributed by atoms with van der Waals surface area (Å²) in [6.07, 6.45) is 0. The van der Waals surface area contributed by atoms with Crippen LogP contribution in [0.25, 0.3) is 87.0 Å². The summed E-state index contributed by atoms with van der Waals surface area (Å²) in [7, 11) is 0. The van der Waals surface area contributed by atoms with E-state index in [0.29, 0.717) is 17.5 Å². The van der Waals surface area contributed by atoms with Crippen molar-refractivity contribution in [1.29, 1.82) is 0 Å². The van der Waals surface area contributed by atoms with Crippen LogP contribution in [0.2, 0.25) is 0 Å². The van der Waals surface area contributed by atoms with E-state index >= 15 is 0 Å². The van der Waals surface area contributed by atoms with Crippen LogP contribution < -0.4 is 0 Å². The summed E-state index contributed by atoms with van der Waals surface area (Å²) >= 11 is 1.86. The zero-order valence-corrected chi connectivity index (χ0v) is 25.0. The minimum absolute atomic E-state index is 0.656. The third-order valence-electron chi connectivity index (χ3n) is 8.54. The van der Waals surface area contributed by atoms with Crippen LogP contribution in [0.5, 0.6) is 0 Å². The summed E-state index contributed by atoms with van der Waals surface area (Å²) in [5.74, 6) is 1.98. The van der Waals surface area contributed by atoms with Crippen molar-refractivity contribution in [3.63, 3.8) is 0 Å². The van der Waals surface area contributed by atoms with Gasteiger partial charge in [-0.25, -0.2) is 15.0 Å². The molecule has 0 spiro atoms. The maximum Gasteiger partial charge on any atom is 0.164 e. The summed E-state index contributed by atoms with van der Waals surface area (Å²) in [5, 5.41) is 7.48. The van der Waals surface area contributed by atoms with Crippen molar-refractivity contribution in [2.45, 2.75) is 0 Å².